The molecule has 1 aromatic rings. The first-order chi connectivity index (χ1) is 17.3. The molecule has 3 fully saturated rings. The zero-order chi connectivity index (χ0) is 27.2. The van der Waals surface area contributed by atoms with E-state index in [1.54, 1.807) is 18.2 Å². The molecule has 1 aromatic carbocycles. The molecule has 0 aromatic heterocycles. The third-order valence-corrected chi connectivity index (χ3v) is 9.65. The number of hydrogen-bond donors (Lipinski definition) is 1. The molecular weight excluding hydrogens is 520 g/mol. The van der Waals surface area contributed by atoms with Gasteiger partial charge in [-0.05, 0) is 65.5 Å². The third-order valence-electron chi connectivity index (χ3n) is 8.94. The number of likely N-dealkylation sites (tertiary alicyclic amines) is 1. The summed E-state index contributed by atoms with van der Waals surface area (Å²) >= 11 is 12.9. The van der Waals surface area contributed by atoms with Gasteiger partial charge in [-0.3, -0.25) is 20.3 Å². The maximum absolute atomic E-state index is 13.5. The van der Waals surface area contributed by atoms with E-state index in [9.17, 15) is 14.9 Å². The van der Waals surface area contributed by atoms with Crippen LogP contribution in [0.1, 0.15) is 52.5 Å². The average Bonchev–Trinajstić information content (AvgIpc) is 3.35. The quantitative estimate of drug-likeness (QED) is 0.209. The number of benzene rings is 1. The number of nitrogens with one attached hydrogen (secondary N) is 1. The van der Waals surface area contributed by atoms with Gasteiger partial charge in [0.2, 0.25) is 6.54 Å². The summed E-state index contributed by atoms with van der Waals surface area (Å²) in [6.07, 6.45) is 2.72. The van der Waals surface area contributed by atoms with Crippen LogP contribution in [-0.2, 0) is 25.4 Å². The van der Waals surface area contributed by atoms with Gasteiger partial charge in [-0.15, -0.1) is 0 Å². The summed E-state index contributed by atoms with van der Waals surface area (Å²) in [6, 6.07) is 4.52. The smallest absolute Gasteiger partial charge is 0.457 e. The number of nitrogens with zero attached hydrogens (tertiary/aromatic N) is 2. The van der Waals surface area contributed by atoms with Crippen LogP contribution in [0.4, 0.5) is 0 Å². The highest BCUT2D eigenvalue weighted by Crippen LogP contribution is 2.54. The summed E-state index contributed by atoms with van der Waals surface area (Å²) in [6.45, 7) is 8.99. The van der Waals surface area contributed by atoms with E-state index in [0.717, 1.165) is 6.42 Å². The molecule has 37 heavy (non-hydrogen) atoms. The Hall–Kier alpha value is -1.43. The van der Waals surface area contributed by atoms with E-state index >= 15 is 0 Å². The number of fused-ring (bicyclic) bond motifs is 1. The number of carbonyl (C=O) groups is 1. The van der Waals surface area contributed by atoms with Crippen LogP contribution in [-0.4, -0.2) is 72.4 Å². The number of carbonyl (C=O) groups excluding carboxylic acids is 1. The van der Waals surface area contributed by atoms with Gasteiger partial charge >= 0.3 is 13.1 Å². The van der Waals surface area contributed by atoms with Crippen molar-refractivity contribution < 1.29 is 23.8 Å². The lowest BCUT2D eigenvalue weighted by Crippen LogP contribution is -2.65. The molecule has 0 aliphatic carbocycles. The van der Waals surface area contributed by atoms with Crippen molar-refractivity contribution in [2.24, 2.45) is 5.41 Å². The number of rotatable bonds is 9. The molecular formula is C25H36BCl2N3O6. The molecule has 0 radical (unpaired) electrons. The van der Waals surface area contributed by atoms with E-state index in [1.807, 2.05) is 32.6 Å². The molecule has 3 heterocycles. The molecule has 0 unspecified atom stereocenters. The van der Waals surface area contributed by atoms with Crippen molar-refractivity contribution in [2.75, 3.05) is 26.7 Å². The predicted octanol–water partition coefficient (Wildman–Crippen LogP) is 4.22. The second-order valence-electron chi connectivity index (χ2n) is 11.5. The number of esters is 1. The minimum absolute atomic E-state index is 0.288. The molecule has 0 saturated carbocycles. The first-order valence-electron chi connectivity index (χ1n) is 12.8. The molecule has 12 heteroatoms. The van der Waals surface area contributed by atoms with E-state index < -0.39 is 40.7 Å². The topological polar surface area (TPSA) is 103 Å². The molecule has 3 aliphatic rings. The highest BCUT2D eigenvalue weighted by atomic mass is 35.5. The maximum atomic E-state index is 13.5. The van der Waals surface area contributed by atoms with Gasteiger partial charge in [0.25, 0.3) is 0 Å². The molecule has 9 nitrogen and oxygen atoms in total. The fourth-order valence-electron chi connectivity index (χ4n) is 6.45. The zero-order valence-corrected chi connectivity index (χ0v) is 23.7. The summed E-state index contributed by atoms with van der Waals surface area (Å²) in [4.78, 5) is 27.0. The molecule has 1 N–H and O–H groups in total. The van der Waals surface area contributed by atoms with E-state index in [2.05, 4.69) is 5.32 Å². The van der Waals surface area contributed by atoms with E-state index in [4.69, 9.17) is 37.2 Å². The van der Waals surface area contributed by atoms with Crippen LogP contribution in [0.5, 0.6) is 0 Å². The summed E-state index contributed by atoms with van der Waals surface area (Å²) < 4.78 is 17.7. The van der Waals surface area contributed by atoms with Crippen LogP contribution in [0, 0.1) is 15.5 Å². The van der Waals surface area contributed by atoms with Crippen LogP contribution >= 0.6 is 23.2 Å². The molecule has 0 amide bonds. The Morgan fingerprint density at radius 2 is 1.86 bits per heavy atom. The monoisotopic (exact) mass is 555 g/mol. The van der Waals surface area contributed by atoms with E-state index in [1.165, 1.54) is 7.11 Å². The lowest BCUT2D eigenvalue weighted by Gasteiger charge is -2.39. The molecule has 204 valence electrons. The van der Waals surface area contributed by atoms with Crippen LogP contribution in [0.15, 0.2) is 18.2 Å². The number of nitro groups is 1. The summed E-state index contributed by atoms with van der Waals surface area (Å²) in [5.74, 6) is -0.472. The van der Waals surface area contributed by atoms with Crippen LogP contribution < -0.4 is 5.32 Å². The normalized spacial score (nSPS) is 30.5. The third kappa shape index (κ3) is 4.89. The summed E-state index contributed by atoms with van der Waals surface area (Å²) in [5, 5.41) is 16.2. The standard InChI is InChI=1S/C25H36BCl2N3O6/c1-22(2)23(3,4)37-26(36-22)12-7-10-24-11-13-29-25(24,21(32)35-5)20(15-31(33)34)30(16-24)14-17-18(27)8-6-9-19(17)28/h6,8-9,20,29H,7,10-16H2,1-5H3/t20-,24-,25-/m1/s1. The molecule has 3 atom stereocenters. The number of methoxy groups -OCH3 is 1. The maximum Gasteiger partial charge on any atom is 0.457 e. The number of hydrogen-bond acceptors (Lipinski definition) is 8. The van der Waals surface area contributed by atoms with Crippen molar-refractivity contribution in [3.8, 4) is 0 Å². The Morgan fingerprint density at radius 1 is 1.24 bits per heavy atom. The fraction of sp³-hybridized carbons (Fsp3) is 0.720. The van der Waals surface area contributed by atoms with Crippen molar-refractivity contribution in [1.82, 2.24) is 10.2 Å². The molecule has 3 saturated heterocycles. The lowest BCUT2D eigenvalue weighted by atomic mass is 9.65. The zero-order valence-electron chi connectivity index (χ0n) is 22.1. The van der Waals surface area contributed by atoms with Crippen LogP contribution in [0.2, 0.25) is 16.4 Å². The van der Waals surface area contributed by atoms with Crippen molar-refractivity contribution in [3.63, 3.8) is 0 Å². The van der Waals surface area contributed by atoms with Crippen molar-refractivity contribution in [2.45, 2.75) is 82.6 Å². The van der Waals surface area contributed by atoms with E-state index in [-0.39, 0.29) is 18.6 Å². The summed E-state index contributed by atoms with van der Waals surface area (Å²) in [5.41, 5.74) is -1.95. The van der Waals surface area contributed by atoms with Gasteiger partial charge < -0.3 is 14.0 Å². The molecule has 0 spiro atoms. The molecule has 3 aliphatic heterocycles. The van der Waals surface area contributed by atoms with Gasteiger partial charge in [-0.1, -0.05) is 35.7 Å². The highest BCUT2D eigenvalue weighted by Gasteiger charge is 2.71. The second kappa shape index (κ2) is 10.3. The Bertz CT molecular complexity index is 1020. The first kappa shape index (κ1) is 28.6. The molecule has 4 rings (SSSR count). The minimum Gasteiger partial charge on any atom is -0.468 e. The SMILES string of the molecule is COC(=O)[C@@]12NCC[C@]1(CCCB1OC(C)(C)C(C)(C)O1)CN(Cc1c(Cl)cccc1Cl)[C@@H]2C[N+](=O)[O-]. The van der Waals surface area contributed by atoms with Gasteiger partial charge in [0, 0.05) is 39.0 Å². The Balaban J connectivity index is 1.63. The van der Waals surface area contributed by atoms with Crippen molar-refractivity contribution >= 4 is 36.3 Å². The molecule has 0 bridgehead atoms. The minimum atomic E-state index is -1.22. The van der Waals surface area contributed by atoms with Gasteiger partial charge in [-0.2, -0.15) is 0 Å². The van der Waals surface area contributed by atoms with Gasteiger partial charge in [0.15, 0.2) is 0 Å². The number of ether oxygens (including phenoxy) is 1. The lowest BCUT2D eigenvalue weighted by molar-refractivity contribution is -0.487. The van der Waals surface area contributed by atoms with Crippen LogP contribution in [0.3, 0.4) is 0 Å². The van der Waals surface area contributed by atoms with Crippen LogP contribution in [0.25, 0.3) is 0 Å². The Labute approximate surface area is 228 Å². The number of halogens is 2. The Kier molecular flexibility index (Phi) is 7.94. The van der Waals surface area contributed by atoms with Crippen molar-refractivity contribution in [1.29, 1.82) is 0 Å². The Morgan fingerprint density at radius 3 is 2.43 bits per heavy atom. The fourth-order valence-corrected chi connectivity index (χ4v) is 6.97. The van der Waals surface area contributed by atoms with E-state index in [0.29, 0.717) is 47.9 Å². The highest BCUT2D eigenvalue weighted by molar-refractivity contribution is 6.45. The average molecular weight is 556 g/mol. The predicted molar refractivity (Wildman–Crippen MR) is 142 cm³/mol. The second-order valence-corrected chi connectivity index (χ2v) is 12.3. The van der Waals surface area contributed by atoms with Gasteiger partial charge in [-0.25, -0.2) is 4.79 Å². The van der Waals surface area contributed by atoms with Gasteiger partial charge in [0.1, 0.15) is 11.6 Å². The first-order valence-corrected chi connectivity index (χ1v) is 13.5. The van der Waals surface area contributed by atoms with Crippen molar-refractivity contribution in [3.05, 3.63) is 43.9 Å². The largest absolute Gasteiger partial charge is 0.468 e. The van der Waals surface area contributed by atoms with Gasteiger partial charge in [0.05, 0.1) is 18.3 Å². The summed E-state index contributed by atoms with van der Waals surface area (Å²) in [7, 11) is 0.987.